The van der Waals surface area contributed by atoms with Crippen LogP contribution in [0.1, 0.15) is 6.92 Å². The SMILES string of the molecule is COc1ccc(N2C(=O)C(C)CS2(=O)=O)cc1S(=O)(=O)Nc1ccccc1. The van der Waals surface area contributed by atoms with Gasteiger partial charge in [-0.15, -0.1) is 0 Å². The van der Waals surface area contributed by atoms with E-state index in [1.54, 1.807) is 30.3 Å². The molecular formula is C17H18N2O6S2. The number of rotatable bonds is 5. The number of para-hydroxylation sites is 1. The van der Waals surface area contributed by atoms with Crippen molar-refractivity contribution in [2.45, 2.75) is 11.8 Å². The quantitative estimate of drug-likeness (QED) is 0.805. The maximum atomic E-state index is 12.8. The number of nitrogens with one attached hydrogen (secondary N) is 1. The molecule has 0 radical (unpaired) electrons. The highest BCUT2D eigenvalue weighted by atomic mass is 32.2. The Morgan fingerprint density at radius 1 is 1.15 bits per heavy atom. The second-order valence-electron chi connectivity index (χ2n) is 6.09. The highest BCUT2D eigenvalue weighted by Gasteiger charge is 2.42. The van der Waals surface area contributed by atoms with Crippen molar-refractivity contribution in [1.82, 2.24) is 0 Å². The summed E-state index contributed by atoms with van der Waals surface area (Å²) in [4.78, 5) is 12.0. The van der Waals surface area contributed by atoms with Gasteiger partial charge in [-0.25, -0.2) is 21.1 Å². The maximum absolute atomic E-state index is 12.8. The van der Waals surface area contributed by atoms with E-state index in [9.17, 15) is 21.6 Å². The Bertz CT molecular complexity index is 1080. The second kappa shape index (κ2) is 6.86. The van der Waals surface area contributed by atoms with Gasteiger partial charge in [-0.3, -0.25) is 9.52 Å². The molecule has 1 unspecified atom stereocenters. The Morgan fingerprint density at radius 3 is 2.37 bits per heavy atom. The summed E-state index contributed by atoms with van der Waals surface area (Å²) in [5.74, 6) is -1.58. The first-order valence-corrected chi connectivity index (χ1v) is 11.1. The van der Waals surface area contributed by atoms with Crippen molar-refractivity contribution >= 4 is 37.3 Å². The zero-order valence-corrected chi connectivity index (χ0v) is 16.2. The van der Waals surface area contributed by atoms with Crippen molar-refractivity contribution in [2.75, 3.05) is 21.9 Å². The summed E-state index contributed by atoms with van der Waals surface area (Å²) in [5, 5.41) is 0. The molecule has 1 fully saturated rings. The normalized spacial score (nSPS) is 19.1. The summed E-state index contributed by atoms with van der Waals surface area (Å²) in [6.07, 6.45) is 0. The third-order valence-corrected chi connectivity index (χ3v) is 7.33. The van der Waals surface area contributed by atoms with Crippen LogP contribution in [0, 0.1) is 5.92 Å². The highest BCUT2D eigenvalue weighted by molar-refractivity contribution is 7.94. The zero-order valence-electron chi connectivity index (χ0n) is 14.6. The van der Waals surface area contributed by atoms with E-state index in [0.717, 1.165) is 6.07 Å². The minimum atomic E-state index is -4.08. The molecule has 1 N–H and O–H groups in total. The number of nitrogens with zero attached hydrogens (tertiary/aromatic N) is 1. The Morgan fingerprint density at radius 2 is 1.81 bits per heavy atom. The van der Waals surface area contributed by atoms with Crippen molar-refractivity contribution in [3.05, 3.63) is 48.5 Å². The van der Waals surface area contributed by atoms with Crippen LogP contribution in [0.4, 0.5) is 11.4 Å². The lowest BCUT2D eigenvalue weighted by atomic mass is 10.2. The predicted molar refractivity (Wildman–Crippen MR) is 101 cm³/mol. The van der Waals surface area contributed by atoms with E-state index in [4.69, 9.17) is 4.74 Å². The van der Waals surface area contributed by atoms with E-state index in [1.165, 1.54) is 26.2 Å². The van der Waals surface area contributed by atoms with Crippen LogP contribution in [0.3, 0.4) is 0 Å². The van der Waals surface area contributed by atoms with E-state index in [-0.39, 0.29) is 22.1 Å². The van der Waals surface area contributed by atoms with Gasteiger partial charge in [-0.1, -0.05) is 25.1 Å². The Labute approximate surface area is 157 Å². The lowest BCUT2D eigenvalue weighted by Gasteiger charge is -2.18. The number of carbonyl (C=O) groups is 1. The average Bonchev–Trinajstić information content (AvgIpc) is 2.82. The van der Waals surface area contributed by atoms with Crippen molar-refractivity contribution in [3.8, 4) is 5.75 Å². The molecule has 1 amide bonds. The van der Waals surface area contributed by atoms with Crippen LogP contribution in [-0.2, 0) is 24.8 Å². The Hall–Kier alpha value is -2.59. The minimum Gasteiger partial charge on any atom is -0.495 e. The molecule has 0 spiro atoms. The van der Waals surface area contributed by atoms with Gasteiger partial charge in [0.25, 0.3) is 10.0 Å². The molecule has 1 atom stereocenters. The van der Waals surface area contributed by atoms with Crippen molar-refractivity contribution in [3.63, 3.8) is 0 Å². The maximum Gasteiger partial charge on any atom is 0.265 e. The topological polar surface area (TPSA) is 110 Å². The number of amides is 1. The molecule has 10 heteroatoms. The number of hydrogen-bond acceptors (Lipinski definition) is 6. The van der Waals surface area contributed by atoms with Gasteiger partial charge in [-0.2, -0.15) is 0 Å². The van der Waals surface area contributed by atoms with Gasteiger partial charge in [0.1, 0.15) is 10.6 Å². The summed E-state index contributed by atoms with van der Waals surface area (Å²) in [6, 6.07) is 12.0. The first-order chi connectivity index (χ1) is 12.7. The summed E-state index contributed by atoms with van der Waals surface area (Å²) >= 11 is 0. The standard InChI is InChI=1S/C17H18N2O6S2/c1-12-11-26(21,22)19(17(12)20)14-8-9-15(25-2)16(10-14)27(23,24)18-13-6-4-3-5-7-13/h3-10,12,18H,11H2,1-2H3. The second-order valence-corrected chi connectivity index (χ2v) is 9.60. The monoisotopic (exact) mass is 410 g/mol. The summed E-state index contributed by atoms with van der Waals surface area (Å²) in [5.41, 5.74) is 0.294. The molecule has 0 saturated carbocycles. The lowest BCUT2D eigenvalue weighted by Crippen LogP contribution is -2.30. The number of carbonyl (C=O) groups excluding carboxylic acids is 1. The zero-order chi connectivity index (χ0) is 19.8. The van der Waals surface area contributed by atoms with Gasteiger partial charge < -0.3 is 4.74 Å². The lowest BCUT2D eigenvalue weighted by molar-refractivity contribution is -0.119. The van der Waals surface area contributed by atoms with Gasteiger partial charge in [0.05, 0.1) is 24.5 Å². The molecule has 2 aromatic rings. The first-order valence-electron chi connectivity index (χ1n) is 7.98. The van der Waals surface area contributed by atoms with Gasteiger partial charge >= 0.3 is 0 Å². The van der Waals surface area contributed by atoms with Crippen LogP contribution >= 0.6 is 0 Å². The highest BCUT2D eigenvalue weighted by Crippen LogP contribution is 2.34. The molecule has 3 rings (SSSR count). The van der Waals surface area contributed by atoms with Gasteiger partial charge in [0.2, 0.25) is 15.9 Å². The van der Waals surface area contributed by atoms with E-state index in [2.05, 4.69) is 4.72 Å². The third-order valence-electron chi connectivity index (χ3n) is 4.06. The van der Waals surface area contributed by atoms with Crippen molar-refractivity contribution in [1.29, 1.82) is 0 Å². The smallest absolute Gasteiger partial charge is 0.265 e. The molecule has 1 aliphatic rings. The number of hydrogen-bond donors (Lipinski definition) is 1. The van der Waals surface area contributed by atoms with Crippen LogP contribution in [0.15, 0.2) is 53.4 Å². The van der Waals surface area contributed by atoms with Crippen LogP contribution < -0.4 is 13.8 Å². The average molecular weight is 410 g/mol. The molecule has 1 aliphatic heterocycles. The summed E-state index contributed by atoms with van der Waals surface area (Å²) in [7, 11) is -6.63. The molecule has 0 aromatic heterocycles. The molecule has 0 aliphatic carbocycles. The molecule has 27 heavy (non-hydrogen) atoms. The molecule has 1 heterocycles. The number of anilines is 2. The summed E-state index contributed by atoms with van der Waals surface area (Å²) < 4.78 is 58.4. The molecule has 8 nitrogen and oxygen atoms in total. The fraction of sp³-hybridized carbons (Fsp3) is 0.235. The van der Waals surface area contributed by atoms with Crippen LogP contribution in [-0.4, -0.2) is 35.6 Å². The fourth-order valence-corrected chi connectivity index (χ4v) is 5.87. The van der Waals surface area contributed by atoms with Gasteiger partial charge in [0.15, 0.2) is 0 Å². The molecule has 144 valence electrons. The van der Waals surface area contributed by atoms with Crippen molar-refractivity contribution in [2.24, 2.45) is 5.92 Å². The largest absolute Gasteiger partial charge is 0.495 e. The number of sulfonamides is 2. The van der Waals surface area contributed by atoms with E-state index < -0.39 is 31.9 Å². The van der Waals surface area contributed by atoms with Crippen LogP contribution in [0.25, 0.3) is 0 Å². The van der Waals surface area contributed by atoms with Gasteiger partial charge in [-0.05, 0) is 30.3 Å². The van der Waals surface area contributed by atoms with E-state index in [0.29, 0.717) is 9.99 Å². The minimum absolute atomic E-state index is 0.0271. The van der Waals surface area contributed by atoms with Gasteiger partial charge in [0, 0.05) is 5.69 Å². The number of methoxy groups -OCH3 is 1. The summed E-state index contributed by atoms with van der Waals surface area (Å²) in [6.45, 7) is 1.51. The fourth-order valence-electron chi connectivity index (χ4n) is 2.80. The Balaban J connectivity index is 2.08. The van der Waals surface area contributed by atoms with E-state index >= 15 is 0 Å². The third kappa shape index (κ3) is 3.62. The van der Waals surface area contributed by atoms with Crippen LogP contribution in [0.5, 0.6) is 5.75 Å². The molecule has 2 aromatic carbocycles. The van der Waals surface area contributed by atoms with E-state index in [1.807, 2.05) is 0 Å². The predicted octanol–water partition coefficient (Wildman–Crippen LogP) is 1.81. The Kier molecular flexibility index (Phi) is 4.87. The first kappa shape index (κ1) is 19.2. The number of benzene rings is 2. The molecule has 0 bridgehead atoms. The molecular weight excluding hydrogens is 392 g/mol. The molecule has 1 saturated heterocycles. The van der Waals surface area contributed by atoms with Crippen LogP contribution in [0.2, 0.25) is 0 Å². The number of ether oxygens (including phenoxy) is 1. The van der Waals surface area contributed by atoms with Crippen molar-refractivity contribution < 1.29 is 26.4 Å².